The summed E-state index contributed by atoms with van der Waals surface area (Å²) in [4.78, 5) is 4.39. The summed E-state index contributed by atoms with van der Waals surface area (Å²) in [6, 6.07) is 15.8. The number of hydrogen-bond acceptors (Lipinski definition) is 5. The molecule has 0 bridgehead atoms. The molecule has 159 valence electrons. The van der Waals surface area contributed by atoms with E-state index in [2.05, 4.69) is 20.5 Å². The van der Waals surface area contributed by atoms with E-state index in [0.29, 0.717) is 17.4 Å². The van der Waals surface area contributed by atoms with E-state index in [0.717, 1.165) is 17.0 Å². The van der Waals surface area contributed by atoms with Crippen molar-refractivity contribution in [2.75, 3.05) is 18.5 Å². The Kier molecular flexibility index (Phi) is 6.89. The van der Waals surface area contributed by atoms with Crippen molar-refractivity contribution in [3.63, 3.8) is 0 Å². The number of halogens is 3. The van der Waals surface area contributed by atoms with Crippen LogP contribution in [-0.4, -0.2) is 28.3 Å². The van der Waals surface area contributed by atoms with Crippen molar-refractivity contribution >= 4 is 22.5 Å². The molecule has 0 fully saturated rings. The third-order valence-corrected chi connectivity index (χ3v) is 4.41. The molecule has 2 aromatic heterocycles. The molecule has 4 rings (SSSR count). The first kappa shape index (κ1) is 22.7. The third kappa shape index (κ3) is 5.01. The van der Waals surface area contributed by atoms with Crippen LogP contribution in [0, 0.1) is 0 Å². The van der Waals surface area contributed by atoms with Gasteiger partial charge in [-0.3, -0.25) is 5.10 Å². The van der Waals surface area contributed by atoms with Gasteiger partial charge in [-0.05, 0) is 18.2 Å². The number of aromatic amines is 1. The zero-order valence-corrected chi connectivity index (χ0v) is 17.5. The Labute approximate surface area is 187 Å². The van der Waals surface area contributed by atoms with Crippen LogP contribution in [0.4, 0.5) is 24.8 Å². The average Bonchev–Trinajstić information content (AvgIpc) is 3.14. The molecule has 0 saturated carbocycles. The molecule has 0 aliphatic carbocycles. The van der Waals surface area contributed by atoms with Crippen LogP contribution in [-0.2, 0) is 24.7 Å². The molecule has 0 aliphatic heterocycles. The predicted molar refractivity (Wildman–Crippen MR) is 109 cm³/mol. The average molecular weight is 464 g/mol. The van der Waals surface area contributed by atoms with Gasteiger partial charge < -0.3 is 15.8 Å². The maximum absolute atomic E-state index is 13.5. The fourth-order valence-electron chi connectivity index (χ4n) is 3.10. The van der Waals surface area contributed by atoms with E-state index in [1.807, 2.05) is 24.3 Å². The predicted octanol–water partition coefficient (Wildman–Crippen LogP) is 4.72. The molecule has 4 aromatic rings. The van der Waals surface area contributed by atoms with Crippen molar-refractivity contribution in [3.8, 4) is 17.0 Å². The molecule has 0 amide bonds. The summed E-state index contributed by atoms with van der Waals surface area (Å²) in [5.74, 6) is 1.16. The summed E-state index contributed by atoms with van der Waals surface area (Å²) < 4.78 is 46.1. The van der Waals surface area contributed by atoms with Crippen LogP contribution < -0.4 is 15.8 Å². The fourth-order valence-corrected chi connectivity index (χ4v) is 3.10. The Hall–Kier alpha value is -3.01. The standard InChI is InChI=1S/C21H18F3N5O.V/c22-21(23,24)16-7-3-1-5-14(16)18-11-13(30-10-9-25)12-19(26-18)27-20-15-6-2-4-8-17(15)28-29-20;/h1-8,11-12H,9-10,25H2,(H2,26,27,28,29);. The van der Waals surface area contributed by atoms with Gasteiger partial charge in [0, 0.05) is 48.2 Å². The number of fused-ring (bicyclic) bond motifs is 1. The number of H-pyrrole nitrogens is 1. The van der Waals surface area contributed by atoms with Gasteiger partial charge in [0.15, 0.2) is 5.82 Å². The van der Waals surface area contributed by atoms with Crippen LogP contribution in [0.25, 0.3) is 22.2 Å². The maximum atomic E-state index is 13.5. The van der Waals surface area contributed by atoms with Crippen molar-refractivity contribution < 1.29 is 36.5 Å². The SMILES string of the molecule is NCCOc1cc(Nc2n[nH]c3ccccc23)nc(-c2ccccc2C(F)(F)F)c1.[V]. The summed E-state index contributed by atoms with van der Waals surface area (Å²) in [6.45, 7) is 0.485. The van der Waals surface area contributed by atoms with E-state index in [-0.39, 0.29) is 43.0 Å². The van der Waals surface area contributed by atoms with Crippen molar-refractivity contribution in [2.45, 2.75) is 6.18 Å². The number of nitrogens with one attached hydrogen (secondary N) is 2. The second kappa shape index (κ2) is 9.42. The number of hydrogen-bond donors (Lipinski definition) is 3. The largest absolute Gasteiger partial charge is 0.492 e. The fraction of sp³-hybridized carbons (Fsp3) is 0.143. The minimum Gasteiger partial charge on any atom is -0.492 e. The first-order chi connectivity index (χ1) is 14.5. The number of aromatic nitrogens is 3. The number of pyridine rings is 1. The Balaban J connectivity index is 0.00000272. The van der Waals surface area contributed by atoms with Gasteiger partial charge >= 0.3 is 6.18 Å². The quantitative estimate of drug-likeness (QED) is 0.384. The first-order valence-corrected chi connectivity index (χ1v) is 9.17. The number of ether oxygens (including phenoxy) is 1. The molecule has 31 heavy (non-hydrogen) atoms. The topological polar surface area (TPSA) is 88.9 Å². The monoisotopic (exact) mass is 464 g/mol. The molecule has 0 aliphatic rings. The van der Waals surface area contributed by atoms with Crippen LogP contribution >= 0.6 is 0 Å². The second-order valence-corrected chi connectivity index (χ2v) is 6.50. The molecule has 4 N–H and O–H groups in total. The molecule has 2 heterocycles. The van der Waals surface area contributed by atoms with E-state index in [1.165, 1.54) is 24.3 Å². The van der Waals surface area contributed by atoms with Crippen LogP contribution in [0.2, 0.25) is 0 Å². The molecule has 0 unspecified atom stereocenters. The van der Waals surface area contributed by atoms with Gasteiger partial charge in [0.05, 0.1) is 16.8 Å². The summed E-state index contributed by atoms with van der Waals surface area (Å²) >= 11 is 0. The Bertz CT molecular complexity index is 1180. The molecular weight excluding hydrogens is 446 g/mol. The van der Waals surface area contributed by atoms with Gasteiger partial charge in [-0.2, -0.15) is 18.3 Å². The van der Waals surface area contributed by atoms with Crippen LogP contribution in [0.15, 0.2) is 60.7 Å². The number of benzene rings is 2. The van der Waals surface area contributed by atoms with Crippen LogP contribution in [0.5, 0.6) is 5.75 Å². The minimum absolute atomic E-state index is 0. The van der Waals surface area contributed by atoms with Crippen LogP contribution in [0.3, 0.4) is 0 Å². The number of nitrogens with two attached hydrogens (primary N) is 1. The molecule has 2 aromatic carbocycles. The Morgan fingerprint density at radius 3 is 2.55 bits per heavy atom. The zero-order valence-electron chi connectivity index (χ0n) is 16.1. The van der Waals surface area contributed by atoms with Crippen molar-refractivity contribution in [2.24, 2.45) is 5.73 Å². The van der Waals surface area contributed by atoms with E-state index in [9.17, 15) is 13.2 Å². The summed E-state index contributed by atoms with van der Waals surface area (Å²) in [5.41, 5.74) is 5.62. The van der Waals surface area contributed by atoms with Crippen molar-refractivity contribution in [3.05, 3.63) is 66.2 Å². The van der Waals surface area contributed by atoms with E-state index >= 15 is 0 Å². The molecular formula is C21H18F3N5OV. The molecule has 0 spiro atoms. The number of alkyl halides is 3. The van der Waals surface area contributed by atoms with Crippen molar-refractivity contribution in [1.82, 2.24) is 15.2 Å². The first-order valence-electron chi connectivity index (χ1n) is 9.17. The van der Waals surface area contributed by atoms with Gasteiger partial charge in [0.1, 0.15) is 18.2 Å². The van der Waals surface area contributed by atoms with E-state index in [4.69, 9.17) is 10.5 Å². The van der Waals surface area contributed by atoms with E-state index < -0.39 is 11.7 Å². The summed E-state index contributed by atoms with van der Waals surface area (Å²) in [5, 5.41) is 11.0. The molecule has 6 nitrogen and oxygen atoms in total. The Morgan fingerprint density at radius 2 is 1.77 bits per heavy atom. The molecule has 1 radical (unpaired) electrons. The van der Waals surface area contributed by atoms with Gasteiger partial charge in [-0.25, -0.2) is 4.98 Å². The zero-order chi connectivity index (χ0) is 21.1. The van der Waals surface area contributed by atoms with Gasteiger partial charge in [0.2, 0.25) is 0 Å². The number of para-hydroxylation sites is 1. The summed E-state index contributed by atoms with van der Waals surface area (Å²) in [7, 11) is 0. The molecule has 0 atom stereocenters. The van der Waals surface area contributed by atoms with E-state index in [1.54, 1.807) is 6.07 Å². The maximum Gasteiger partial charge on any atom is 0.417 e. The smallest absolute Gasteiger partial charge is 0.417 e. The number of anilines is 2. The van der Waals surface area contributed by atoms with Gasteiger partial charge in [-0.15, -0.1) is 0 Å². The number of nitrogens with zero attached hydrogens (tertiary/aromatic N) is 2. The normalized spacial score (nSPS) is 11.2. The Morgan fingerprint density at radius 1 is 1.03 bits per heavy atom. The van der Waals surface area contributed by atoms with Crippen LogP contribution in [0.1, 0.15) is 5.56 Å². The number of rotatable bonds is 6. The second-order valence-electron chi connectivity index (χ2n) is 6.50. The molecule has 10 heteroatoms. The van der Waals surface area contributed by atoms with Gasteiger partial charge in [-0.1, -0.05) is 30.3 Å². The van der Waals surface area contributed by atoms with Gasteiger partial charge in [0.25, 0.3) is 0 Å². The third-order valence-electron chi connectivity index (χ3n) is 4.41. The van der Waals surface area contributed by atoms with Crippen molar-refractivity contribution in [1.29, 1.82) is 0 Å². The molecule has 0 saturated heterocycles. The minimum atomic E-state index is -4.52. The summed E-state index contributed by atoms with van der Waals surface area (Å²) in [6.07, 6.45) is -4.52.